The van der Waals surface area contributed by atoms with Crippen LogP contribution in [0.15, 0.2) is 23.1 Å². The molecule has 0 radical (unpaired) electrons. The Morgan fingerprint density at radius 3 is 3.17 bits per heavy atom. The Hall–Kier alpha value is -1.16. The van der Waals surface area contributed by atoms with E-state index in [4.69, 9.17) is 0 Å². The van der Waals surface area contributed by atoms with E-state index in [-0.39, 0.29) is 10.9 Å². The fourth-order valence-corrected chi connectivity index (χ4v) is 1.88. The van der Waals surface area contributed by atoms with E-state index in [0.29, 0.717) is 11.4 Å². The van der Waals surface area contributed by atoms with Gasteiger partial charge in [0, 0.05) is 0 Å². The molecule has 1 aliphatic heterocycles. The van der Waals surface area contributed by atoms with Crippen LogP contribution in [0, 0.1) is 0 Å². The molecule has 1 aromatic carbocycles. The van der Waals surface area contributed by atoms with E-state index in [2.05, 4.69) is 5.32 Å². The number of hydrogen-bond donors (Lipinski definition) is 2. The van der Waals surface area contributed by atoms with E-state index in [1.807, 2.05) is 6.07 Å². The first-order chi connectivity index (χ1) is 5.77. The van der Waals surface area contributed by atoms with Crippen molar-refractivity contribution in [2.24, 2.45) is 0 Å². The fourth-order valence-electron chi connectivity index (χ4n) is 1.09. The van der Waals surface area contributed by atoms with Crippen LogP contribution in [0.3, 0.4) is 0 Å². The summed E-state index contributed by atoms with van der Waals surface area (Å²) in [7, 11) is 0. The van der Waals surface area contributed by atoms with Gasteiger partial charge in [0.05, 0.1) is 17.1 Å². The zero-order chi connectivity index (χ0) is 8.55. The van der Waals surface area contributed by atoms with Crippen molar-refractivity contribution in [3.05, 3.63) is 18.2 Å². The summed E-state index contributed by atoms with van der Waals surface area (Å²) in [6.07, 6.45) is 0. The maximum absolute atomic E-state index is 11.0. The van der Waals surface area contributed by atoms with E-state index in [0.717, 1.165) is 17.4 Å². The third-order valence-electron chi connectivity index (χ3n) is 1.63. The summed E-state index contributed by atoms with van der Waals surface area (Å²) in [6, 6.07) is 5.16. The number of thioether (sulfide) groups is 1. The quantitative estimate of drug-likeness (QED) is 0.635. The third kappa shape index (κ3) is 1.14. The second kappa shape index (κ2) is 2.71. The summed E-state index contributed by atoms with van der Waals surface area (Å²) in [6.45, 7) is 0.334. The third-order valence-corrected chi connectivity index (χ3v) is 2.64. The van der Waals surface area contributed by atoms with Crippen LogP contribution in [-0.4, -0.2) is 16.8 Å². The first-order valence-corrected chi connectivity index (χ1v) is 4.35. The minimum absolute atomic E-state index is 0.0315. The van der Waals surface area contributed by atoms with Crippen molar-refractivity contribution in [3.8, 4) is 5.75 Å². The van der Waals surface area contributed by atoms with Crippen molar-refractivity contribution in [2.75, 3.05) is 11.9 Å². The number of carbonyl (C=O) groups excluding carboxylic acids is 1. The molecule has 3 nitrogen and oxygen atoms in total. The van der Waals surface area contributed by atoms with E-state index in [9.17, 15) is 9.90 Å². The second-order valence-electron chi connectivity index (χ2n) is 2.48. The minimum Gasteiger partial charge on any atom is -0.507 e. The number of carbonyl (C=O) groups is 1. The maximum atomic E-state index is 11.0. The van der Waals surface area contributed by atoms with E-state index >= 15 is 0 Å². The summed E-state index contributed by atoms with van der Waals surface area (Å²) < 4.78 is 0. The van der Waals surface area contributed by atoms with Gasteiger partial charge in [0.2, 0.25) is 5.12 Å². The number of fused-ring (bicyclic) bond motifs is 1. The van der Waals surface area contributed by atoms with Crippen molar-refractivity contribution in [3.63, 3.8) is 0 Å². The van der Waals surface area contributed by atoms with E-state index in [1.54, 1.807) is 12.1 Å². The molecular weight excluding hydrogens is 174 g/mol. The highest BCUT2D eigenvalue weighted by molar-refractivity contribution is 8.14. The van der Waals surface area contributed by atoms with Gasteiger partial charge in [-0.05, 0) is 23.9 Å². The van der Waals surface area contributed by atoms with Gasteiger partial charge < -0.3 is 10.4 Å². The Morgan fingerprint density at radius 2 is 2.33 bits per heavy atom. The van der Waals surface area contributed by atoms with Gasteiger partial charge in [-0.15, -0.1) is 0 Å². The van der Waals surface area contributed by atoms with Gasteiger partial charge in [-0.2, -0.15) is 0 Å². The smallest absolute Gasteiger partial charge is 0.212 e. The predicted octanol–water partition coefficient (Wildman–Crippen LogP) is 1.44. The lowest BCUT2D eigenvalue weighted by Crippen LogP contribution is -2.15. The minimum atomic E-state index is 0.0315. The summed E-state index contributed by atoms with van der Waals surface area (Å²) in [4.78, 5) is 11.6. The molecular formula is C8H7NO2S. The summed E-state index contributed by atoms with van der Waals surface area (Å²) >= 11 is 1.09. The highest BCUT2D eigenvalue weighted by atomic mass is 32.2. The number of phenols is 1. The van der Waals surface area contributed by atoms with E-state index < -0.39 is 0 Å². The van der Waals surface area contributed by atoms with Crippen molar-refractivity contribution >= 4 is 22.6 Å². The Balaban J connectivity index is 2.50. The number of nitrogens with one attached hydrogen (secondary N) is 1. The number of aromatic hydroxyl groups is 1. The molecule has 1 heterocycles. The van der Waals surface area contributed by atoms with Crippen molar-refractivity contribution in [2.45, 2.75) is 4.90 Å². The normalized spacial score (nSPS) is 15.2. The van der Waals surface area contributed by atoms with Crippen LogP contribution in [0.1, 0.15) is 0 Å². The van der Waals surface area contributed by atoms with Gasteiger partial charge in [0.15, 0.2) is 0 Å². The van der Waals surface area contributed by atoms with Crippen LogP contribution >= 0.6 is 11.8 Å². The molecule has 0 unspecified atom stereocenters. The largest absolute Gasteiger partial charge is 0.507 e. The monoisotopic (exact) mass is 181 g/mol. The van der Waals surface area contributed by atoms with Crippen molar-refractivity contribution < 1.29 is 9.90 Å². The molecule has 0 saturated carbocycles. The topological polar surface area (TPSA) is 49.3 Å². The highest BCUT2D eigenvalue weighted by Gasteiger charge is 2.18. The molecule has 0 bridgehead atoms. The Morgan fingerprint density at radius 1 is 1.50 bits per heavy atom. The molecule has 12 heavy (non-hydrogen) atoms. The molecule has 0 aromatic heterocycles. The molecule has 0 saturated heterocycles. The fraction of sp³-hybridized carbons (Fsp3) is 0.125. The zero-order valence-electron chi connectivity index (χ0n) is 6.20. The number of anilines is 1. The maximum Gasteiger partial charge on any atom is 0.212 e. The first-order valence-electron chi connectivity index (χ1n) is 3.54. The average molecular weight is 181 g/mol. The molecule has 0 atom stereocenters. The summed E-state index contributed by atoms with van der Waals surface area (Å²) in [5, 5.41) is 12.3. The summed E-state index contributed by atoms with van der Waals surface area (Å²) in [5.74, 6) is 0.165. The number of phenolic OH excluding ortho intramolecular Hbond substituents is 1. The van der Waals surface area contributed by atoms with Gasteiger partial charge in [0.25, 0.3) is 0 Å². The number of rotatable bonds is 0. The lowest BCUT2D eigenvalue weighted by atomic mass is 10.3. The SMILES string of the molecule is O=C1CNc2cccc(O)c2S1. The molecule has 2 rings (SSSR count). The van der Waals surface area contributed by atoms with Crippen LogP contribution in [0.5, 0.6) is 5.75 Å². The Labute approximate surface area is 73.8 Å². The number of hydrogen-bond acceptors (Lipinski definition) is 4. The van der Waals surface area contributed by atoms with E-state index in [1.165, 1.54) is 0 Å². The van der Waals surface area contributed by atoms with Crippen LogP contribution < -0.4 is 5.32 Å². The molecule has 62 valence electrons. The number of benzene rings is 1. The second-order valence-corrected chi connectivity index (χ2v) is 3.55. The molecule has 0 aliphatic carbocycles. The summed E-state index contributed by atoms with van der Waals surface area (Å²) in [5.41, 5.74) is 0.833. The molecule has 0 fully saturated rings. The standard InChI is InChI=1S/C8H7NO2S/c10-6-3-1-2-5-8(6)12-7(11)4-9-5/h1-3,9-10H,4H2. The average Bonchev–Trinajstić information content (AvgIpc) is 2.07. The van der Waals surface area contributed by atoms with Crippen LogP contribution in [0.25, 0.3) is 0 Å². The van der Waals surface area contributed by atoms with Gasteiger partial charge in [-0.25, -0.2) is 0 Å². The molecule has 0 amide bonds. The Bertz CT molecular complexity index is 338. The van der Waals surface area contributed by atoms with Crippen molar-refractivity contribution in [1.29, 1.82) is 0 Å². The zero-order valence-corrected chi connectivity index (χ0v) is 7.02. The molecule has 1 aliphatic rings. The Kier molecular flexibility index (Phi) is 1.69. The van der Waals surface area contributed by atoms with Crippen LogP contribution in [0.4, 0.5) is 5.69 Å². The van der Waals surface area contributed by atoms with Gasteiger partial charge in [0.1, 0.15) is 5.75 Å². The van der Waals surface area contributed by atoms with Gasteiger partial charge in [-0.1, -0.05) is 6.07 Å². The predicted molar refractivity (Wildman–Crippen MR) is 47.5 cm³/mol. The van der Waals surface area contributed by atoms with Crippen molar-refractivity contribution in [1.82, 2.24) is 0 Å². The molecule has 2 N–H and O–H groups in total. The molecule has 1 aromatic rings. The molecule has 4 heteroatoms. The van der Waals surface area contributed by atoms with Gasteiger partial charge >= 0.3 is 0 Å². The van der Waals surface area contributed by atoms with Crippen LogP contribution in [0.2, 0.25) is 0 Å². The van der Waals surface area contributed by atoms with Gasteiger partial charge in [-0.3, -0.25) is 4.79 Å². The first kappa shape index (κ1) is 7.49. The lowest BCUT2D eigenvalue weighted by Gasteiger charge is -2.16. The molecule has 0 spiro atoms. The van der Waals surface area contributed by atoms with Crippen LogP contribution in [-0.2, 0) is 4.79 Å². The highest BCUT2D eigenvalue weighted by Crippen LogP contribution is 2.38. The lowest BCUT2D eigenvalue weighted by molar-refractivity contribution is -0.109.